The van der Waals surface area contributed by atoms with Crippen molar-refractivity contribution in [1.29, 1.82) is 0 Å². The lowest BCUT2D eigenvalue weighted by molar-refractivity contribution is -0.189. The first kappa shape index (κ1) is 19.4. The van der Waals surface area contributed by atoms with Crippen LogP contribution in [-0.2, 0) is 34.4 Å². The monoisotopic (exact) mass is 436 g/mol. The number of rotatable bonds is 4. The number of H-pyrrole nitrogens is 1. The molecule has 1 N–H and O–H groups in total. The van der Waals surface area contributed by atoms with Gasteiger partial charge in [-0.3, -0.25) is 23.4 Å². The molecule has 1 aromatic carbocycles. The average molecular weight is 436 g/mol. The highest BCUT2D eigenvalue weighted by molar-refractivity contribution is 7.71. The van der Waals surface area contributed by atoms with E-state index in [1.165, 1.54) is 12.3 Å². The van der Waals surface area contributed by atoms with Gasteiger partial charge in [0.2, 0.25) is 0 Å². The van der Waals surface area contributed by atoms with Gasteiger partial charge in [-0.05, 0) is 5.56 Å². The van der Waals surface area contributed by atoms with E-state index in [9.17, 15) is 18.9 Å². The zero-order valence-corrected chi connectivity index (χ0v) is 16.4. The number of aromatic nitrogens is 2. The van der Waals surface area contributed by atoms with Crippen LogP contribution in [-0.4, -0.2) is 46.3 Å². The maximum atomic E-state index is 13.0. The SMILES string of the molecule is O=C(OCc1ccccc1)P1(=O)OC[C@@]23CO[C@@H]([C@H](n4ccc(=O)[nH]c4=O)O2)[C@@H]3O1. The third-order valence-corrected chi connectivity index (χ3v) is 6.81. The van der Waals surface area contributed by atoms with Crippen LogP contribution in [0.4, 0.5) is 4.79 Å². The van der Waals surface area contributed by atoms with Crippen molar-refractivity contribution in [2.24, 2.45) is 0 Å². The minimum atomic E-state index is -4.26. The average Bonchev–Trinajstić information content (AvgIpc) is 3.25. The molecule has 1 aromatic heterocycles. The van der Waals surface area contributed by atoms with E-state index < -0.39 is 48.6 Å². The summed E-state index contributed by atoms with van der Waals surface area (Å²) in [6.07, 6.45) is -1.41. The highest BCUT2D eigenvalue weighted by atomic mass is 31.2. The molecular weight excluding hydrogens is 419 g/mol. The quantitative estimate of drug-likeness (QED) is 0.700. The predicted molar refractivity (Wildman–Crippen MR) is 99.0 cm³/mol. The van der Waals surface area contributed by atoms with Crippen molar-refractivity contribution in [2.45, 2.75) is 30.6 Å². The van der Waals surface area contributed by atoms with Gasteiger partial charge >= 0.3 is 19.0 Å². The highest BCUT2D eigenvalue weighted by Gasteiger charge is 2.69. The fraction of sp³-hybridized carbons (Fsp3) is 0.389. The fourth-order valence-corrected chi connectivity index (χ4v) is 5.25. The molecule has 3 fully saturated rings. The van der Waals surface area contributed by atoms with Crippen molar-refractivity contribution < 1.29 is 32.6 Å². The van der Waals surface area contributed by atoms with Gasteiger partial charge in [0.1, 0.15) is 24.4 Å². The number of carbonyl (C=O) groups is 1. The van der Waals surface area contributed by atoms with Crippen LogP contribution in [0.5, 0.6) is 0 Å². The summed E-state index contributed by atoms with van der Waals surface area (Å²) < 4.78 is 41.8. The standard InChI is InChI=1S/C18H17N2O9P/c21-12-6-7-20(16(22)19-12)15-13-14-18(28-15,9-26-13)10-27-30(24,29-14)17(23)25-8-11-4-2-1-3-5-11/h1-7,13-15H,8-10H2,(H,19,21,22)/t13-,14+,15-,18-,30?/m1/s1. The van der Waals surface area contributed by atoms with Crippen molar-refractivity contribution in [3.63, 3.8) is 0 Å². The normalized spacial score (nSPS) is 34.5. The molecule has 3 aliphatic heterocycles. The Morgan fingerprint density at radius 3 is 2.80 bits per heavy atom. The van der Waals surface area contributed by atoms with E-state index in [2.05, 4.69) is 4.98 Å². The topological polar surface area (TPSA) is 135 Å². The number of nitrogens with one attached hydrogen (secondary N) is 1. The van der Waals surface area contributed by atoms with E-state index in [1.54, 1.807) is 24.3 Å². The van der Waals surface area contributed by atoms with Gasteiger partial charge in [0.25, 0.3) is 5.56 Å². The summed E-state index contributed by atoms with van der Waals surface area (Å²) in [5.74, 6) is 0. The lowest BCUT2D eigenvalue weighted by Gasteiger charge is -2.36. The van der Waals surface area contributed by atoms with Crippen LogP contribution in [0.2, 0.25) is 0 Å². The van der Waals surface area contributed by atoms with Gasteiger partial charge in [0.15, 0.2) is 6.23 Å². The molecule has 2 bridgehead atoms. The van der Waals surface area contributed by atoms with Gasteiger partial charge in [-0.1, -0.05) is 30.3 Å². The molecule has 11 nitrogen and oxygen atoms in total. The van der Waals surface area contributed by atoms with Crippen LogP contribution in [0.3, 0.4) is 0 Å². The Hall–Kier alpha value is -2.56. The predicted octanol–water partition coefficient (Wildman–Crippen LogP) is 1.15. The summed E-state index contributed by atoms with van der Waals surface area (Å²) >= 11 is 0. The highest BCUT2D eigenvalue weighted by Crippen LogP contribution is 2.62. The second-order valence-electron chi connectivity index (χ2n) is 7.20. The number of aromatic amines is 1. The van der Waals surface area contributed by atoms with Crippen LogP contribution < -0.4 is 11.2 Å². The third-order valence-electron chi connectivity index (χ3n) is 5.26. The maximum absolute atomic E-state index is 13.0. The molecule has 30 heavy (non-hydrogen) atoms. The first-order valence-electron chi connectivity index (χ1n) is 9.15. The molecule has 2 aromatic rings. The molecular formula is C18H17N2O9P. The Kier molecular flexibility index (Phi) is 4.53. The second kappa shape index (κ2) is 7.00. The Bertz CT molecular complexity index is 1150. The van der Waals surface area contributed by atoms with Gasteiger partial charge in [-0.15, -0.1) is 0 Å². The molecule has 0 saturated carbocycles. The van der Waals surface area contributed by atoms with Crippen LogP contribution in [0, 0.1) is 0 Å². The molecule has 0 aliphatic carbocycles. The van der Waals surface area contributed by atoms with E-state index in [1.807, 2.05) is 6.07 Å². The summed E-state index contributed by atoms with van der Waals surface area (Å²) in [5, 5.41) is 0. The second-order valence-corrected chi connectivity index (χ2v) is 9.03. The van der Waals surface area contributed by atoms with Crippen molar-refractivity contribution >= 4 is 13.3 Å². The number of benzene rings is 1. The summed E-state index contributed by atoms with van der Waals surface area (Å²) in [7, 11) is -4.26. The van der Waals surface area contributed by atoms with Gasteiger partial charge in [-0.2, -0.15) is 0 Å². The molecule has 5 rings (SSSR count). The van der Waals surface area contributed by atoms with Crippen molar-refractivity contribution in [2.75, 3.05) is 13.2 Å². The number of hydrogen-bond acceptors (Lipinski definition) is 9. The van der Waals surface area contributed by atoms with Crippen LogP contribution in [0.25, 0.3) is 0 Å². The lowest BCUT2D eigenvalue weighted by Crippen LogP contribution is -2.49. The molecule has 4 heterocycles. The molecule has 12 heteroatoms. The third kappa shape index (κ3) is 3.06. The van der Waals surface area contributed by atoms with Gasteiger partial charge in [-0.25, -0.2) is 14.2 Å². The summed E-state index contributed by atoms with van der Waals surface area (Å²) in [4.78, 5) is 38.0. The smallest absolute Gasteiger partial charge is 0.438 e. The van der Waals surface area contributed by atoms with E-state index in [4.69, 9.17) is 23.3 Å². The Morgan fingerprint density at radius 2 is 2.03 bits per heavy atom. The largest absolute Gasteiger partial charge is 0.452 e. The first-order chi connectivity index (χ1) is 14.4. The van der Waals surface area contributed by atoms with Crippen LogP contribution in [0.1, 0.15) is 11.8 Å². The maximum Gasteiger partial charge on any atom is 0.438 e. The Balaban J connectivity index is 1.35. The Morgan fingerprint density at radius 1 is 1.23 bits per heavy atom. The Labute approximate surface area is 169 Å². The zero-order valence-electron chi connectivity index (χ0n) is 15.5. The van der Waals surface area contributed by atoms with Crippen molar-refractivity contribution in [3.8, 4) is 0 Å². The fourth-order valence-electron chi connectivity index (χ4n) is 3.77. The molecule has 3 aliphatic rings. The molecule has 5 atom stereocenters. The molecule has 0 amide bonds. The molecule has 1 unspecified atom stereocenters. The molecule has 0 spiro atoms. The minimum absolute atomic E-state index is 0.0794. The number of nitrogens with zero attached hydrogens (tertiary/aromatic N) is 1. The van der Waals surface area contributed by atoms with E-state index in [-0.39, 0.29) is 19.8 Å². The number of carbonyl (C=O) groups excluding carboxylic acids is 1. The zero-order chi connectivity index (χ0) is 20.9. The van der Waals surface area contributed by atoms with Gasteiger partial charge in [0.05, 0.1) is 13.2 Å². The minimum Gasteiger partial charge on any atom is -0.452 e. The van der Waals surface area contributed by atoms with Crippen molar-refractivity contribution in [1.82, 2.24) is 9.55 Å². The number of hydrogen-bond donors (Lipinski definition) is 1. The van der Waals surface area contributed by atoms with Gasteiger partial charge < -0.3 is 14.2 Å². The number of ether oxygens (including phenoxy) is 3. The molecule has 0 radical (unpaired) electrons. The molecule has 158 valence electrons. The van der Waals surface area contributed by atoms with Gasteiger partial charge in [0, 0.05) is 12.3 Å². The van der Waals surface area contributed by atoms with Crippen LogP contribution >= 0.6 is 7.60 Å². The summed E-state index contributed by atoms with van der Waals surface area (Å²) in [6, 6.07) is 10.1. The summed E-state index contributed by atoms with van der Waals surface area (Å²) in [5.41, 5.74) is -2.76. The van der Waals surface area contributed by atoms with Crippen molar-refractivity contribution in [3.05, 3.63) is 69.0 Å². The lowest BCUT2D eigenvalue weighted by atomic mass is 10.0. The summed E-state index contributed by atoms with van der Waals surface area (Å²) in [6.45, 7) is -0.242. The van der Waals surface area contributed by atoms with E-state index >= 15 is 0 Å². The van der Waals surface area contributed by atoms with E-state index in [0.29, 0.717) is 0 Å². The van der Waals surface area contributed by atoms with E-state index in [0.717, 1.165) is 10.1 Å². The molecule has 3 saturated heterocycles. The first-order valence-corrected chi connectivity index (χ1v) is 10.7. The van der Waals surface area contributed by atoms with Crippen LogP contribution in [0.15, 0.2) is 52.2 Å².